The molecule has 0 spiro atoms. The number of halogens is 2. The van der Waals surface area contributed by atoms with Gasteiger partial charge in [0.2, 0.25) is 0 Å². The predicted octanol–water partition coefficient (Wildman–Crippen LogP) is 3.89. The minimum Gasteiger partial charge on any atom is -0.357 e. The second kappa shape index (κ2) is 11.9. The van der Waals surface area contributed by atoms with E-state index in [4.69, 9.17) is 0 Å². The molecule has 1 aromatic rings. The van der Waals surface area contributed by atoms with Gasteiger partial charge in [0.1, 0.15) is 5.82 Å². The Hall–Kier alpha value is -0.700. The van der Waals surface area contributed by atoms with Gasteiger partial charge in [-0.3, -0.25) is 4.21 Å². The van der Waals surface area contributed by atoms with E-state index < -0.39 is 10.8 Å². The number of rotatable bonds is 6. The summed E-state index contributed by atoms with van der Waals surface area (Å²) in [5.41, 5.74) is 1.50. The molecule has 4 nitrogen and oxygen atoms in total. The lowest BCUT2D eigenvalue weighted by molar-refractivity contribution is 0.413. The van der Waals surface area contributed by atoms with Gasteiger partial charge in [-0.05, 0) is 50.3 Å². The van der Waals surface area contributed by atoms with Gasteiger partial charge in [0.05, 0.1) is 6.54 Å². The second-order valence-electron chi connectivity index (χ2n) is 6.58. The average molecular weight is 495 g/mol. The third kappa shape index (κ3) is 7.13. The van der Waals surface area contributed by atoms with Gasteiger partial charge in [-0.15, -0.1) is 24.0 Å². The van der Waals surface area contributed by atoms with Gasteiger partial charge >= 0.3 is 0 Å². The van der Waals surface area contributed by atoms with Crippen molar-refractivity contribution in [3.8, 4) is 0 Å². The minimum atomic E-state index is -0.733. The molecule has 1 aromatic carbocycles. The zero-order valence-electron chi connectivity index (χ0n) is 15.9. The van der Waals surface area contributed by atoms with E-state index in [9.17, 15) is 8.60 Å². The van der Waals surface area contributed by atoms with Gasteiger partial charge in [0.15, 0.2) is 5.96 Å². The molecule has 148 valence electrons. The third-order valence-electron chi connectivity index (χ3n) is 4.62. The third-order valence-corrected chi connectivity index (χ3v) is 6.36. The summed E-state index contributed by atoms with van der Waals surface area (Å²) in [4.78, 5) is 4.59. The molecule has 1 saturated carbocycles. The number of hydrogen-bond donors (Lipinski definition) is 2. The number of nitrogens with one attached hydrogen (secondary N) is 2. The van der Waals surface area contributed by atoms with E-state index in [1.54, 1.807) is 19.1 Å². The molecule has 1 aliphatic carbocycles. The van der Waals surface area contributed by atoms with Crippen molar-refractivity contribution in [3.63, 3.8) is 0 Å². The lowest BCUT2D eigenvalue weighted by Crippen LogP contribution is -2.46. The molecule has 2 N–H and O–H groups in total. The molecule has 2 rings (SSSR count). The van der Waals surface area contributed by atoms with Crippen molar-refractivity contribution in [1.82, 2.24) is 10.6 Å². The van der Waals surface area contributed by atoms with Crippen LogP contribution in [0, 0.1) is 12.7 Å². The summed E-state index contributed by atoms with van der Waals surface area (Å²) in [5, 5.41) is 7.01. The molecule has 0 heterocycles. The number of guanidine groups is 1. The van der Waals surface area contributed by atoms with Crippen LogP contribution >= 0.6 is 24.0 Å². The number of aliphatic imine (C=N–C) groups is 1. The van der Waals surface area contributed by atoms with E-state index in [-0.39, 0.29) is 35.0 Å². The maximum absolute atomic E-state index is 13.7. The van der Waals surface area contributed by atoms with Crippen LogP contribution in [-0.4, -0.2) is 33.8 Å². The topological polar surface area (TPSA) is 53.5 Å². The summed E-state index contributed by atoms with van der Waals surface area (Å²) in [6.07, 6.45) is 4.14. The maximum atomic E-state index is 13.7. The largest absolute Gasteiger partial charge is 0.357 e. The standard InChI is InChI=1S/C19H30FN3OS.HI/c1-4-21-19(22-13-15-10-9-14(3)18(20)11-15)23-16-7-6-8-17(12-16)25(24)5-2;/h9-11,16-17H,4-8,12-13H2,1-3H3,(H2,21,22,23);1H. The van der Waals surface area contributed by atoms with Crippen LogP contribution in [0.3, 0.4) is 0 Å². The van der Waals surface area contributed by atoms with Crippen LogP contribution in [0.1, 0.15) is 50.7 Å². The first-order valence-corrected chi connectivity index (χ1v) is 10.6. The lowest BCUT2D eigenvalue weighted by Gasteiger charge is -2.30. The number of hydrogen-bond acceptors (Lipinski definition) is 2. The van der Waals surface area contributed by atoms with Crippen LogP contribution in [0.25, 0.3) is 0 Å². The summed E-state index contributed by atoms with van der Waals surface area (Å²) < 4.78 is 25.8. The zero-order chi connectivity index (χ0) is 18.2. The molecule has 3 atom stereocenters. The Kier molecular flexibility index (Phi) is 10.7. The molecule has 0 saturated heterocycles. The first-order chi connectivity index (χ1) is 12.0. The van der Waals surface area contributed by atoms with Gasteiger partial charge in [-0.1, -0.05) is 25.5 Å². The number of aryl methyl sites for hydroxylation is 1. The van der Waals surface area contributed by atoms with Crippen molar-refractivity contribution in [1.29, 1.82) is 0 Å². The van der Waals surface area contributed by atoms with Crippen LogP contribution in [0.15, 0.2) is 23.2 Å². The molecule has 0 radical (unpaired) electrons. The van der Waals surface area contributed by atoms with Crippen molar-refractivity contribution in [2.75, 3.05) is 12.3 Å². The van der Waals surface area contributed by atoms with Gasteiger partial charge in [-0.25, -0.2) is 9.38 Å². The summed E-state index contributed by atoms with van der Waals surface area (Å²) in [6.45, 7) is 6.97. The molecule has 3 unspecified atom stereocenters. The highest BCUT2D eigenvalue weighted by Crippen LogP contribution is 2.23. The van der Waals surface area contributed by atoms with E-state index in [0.29, 0.717) is 18.2 Å². The van der Waals surface area contributed by atoms with Crippen molar-refractivity contribution < 1.29 is 8.60 Å². The predicted molar refractivity (Wildman–Crippen MR) is 119 cm³/mol. The fraction of sp³-hybridized carbons (Fsp3) is 0.632. The Labute approximate surface area is 176 Å². The van der Waals surface area contributed by atoms with Crippen molar-refractivity contribution in [2.45, 2.75) is 64.3 Å². The van der Waals surface area contributed by atoms with E-state index in [2.05, 4.69) is 15.6 Å². The number of benzene rings is 1. The molecule has 0 bridgehead atoms. The number of nitrogens with zero attached hydrogens (tertiary/aromatic N) is 1. The minimum absolute atomic E-state index is 0. The highest BCUT2D eigenvalue weighted by molar-refractivity contribution is 14.0. The Morgan fingerprint density at radius 2 is 2.12 bits per heavy atom. The van der Waals surface area contributed by atoms with Crippen LogP contribution in [0.4, 0.5) is 4.39 Å². The van der Waals surface area contributed by atoms with E-state index >= 15 is 0 Å². The highest BCUT2D eigenvalue weighted by Gasteiger charge is 2.26. The van der Waals surface area contributed by atoms with E-state index in [1.807, 2.05) is 19.9 Å². The highest BCUT2D eigenvalue weighted by atomic mass is 127. The van der Waals surface area contributed by atoms with Crippen molar-refractivity contribution >= 4 is 40.7 Å². The monoisotopic (exact) mass is 495 g/mol. The van der Waals surface area contributed by atoms with E-state index in [0.717, 1.165) is 49.5 Å². The zero-order valence-corrected chi connectivity index (χ0v) is 19.0. The van der Waals surface area contributed by atoms with Crippen LogP contribution in [0.2, 0.25) is 0 Å². The van der Waals surface area contributed by atoms with Crippen molar-refractivity contribution in [2.24, 2.45) is 4.99 Å². The van der Waals surface area contributed by atoms with Gasteiger partial charge in [0.25, 0.3) is 0 Å². The maximum Gasteiger partial charge on any atom is 0.191 e. The normalized spacial score (nSPS) is 21.6. The molecular weight excluding hydrogens is 464 g/mol. The lowest BCUT2D eigenvalue weighted by atomic mass is 9.95. The molecule has 7 heteroatoms. The first kappa shape index (κ1) is 23.3. The Morgan fingerprint density at radius 1 is 1.35 bits per heavy atom. The fourth-order valence-electron chi connectivity index (χ4n) is 3.17. The summed E-state index contributed by atoms with van der Waals surface area (Å²) in [7, 11) is -0.733. The average Bonchev–Trinajstić information content (AvgIpc) is 2.62. The summed E-state index contributed by atoms with van der Waals surface area (Å²) >= 11 is 0. The van der Waals surface area contributed by atoms with Gasteiger partial charge in [0, 0.05) is 34.4 Å². The summed E-state index contributed by atoms with van der Waals surface area (Å²) in [6, 6.07) is 5.53. The SMILES string of the molecule is CCNC(=NCc1ccc(C)c(F)c1)NC1CCCC(S(=O)CC)C1.I. The molecular formula is C19H31FIN3OS. The Morgan fingerprint density at radius 3 is 2.77 bits per heavy atom. The quantitative estimate of drug-likeness (QED) is 0.358. The Balaban J connectivity index is 0.00000338. The molecule has 0 amide bonds. The van der Waals surface area contributed by atoms with Crippen LogP contribution in [0.5, 0.6) is 0 Å². The second-order valence-corrected chi connectivity index (χ2v) is 8.58. The van der Waals surface area contributed by atoms with Crippen LogP contribution in [-0.2, 0) is 17.3 Å². The van der Waals surface area contributed by atoms with Gasteiger partial charge in [-0.2, -0.15) is 0 Å². The molecule has 0 aliphatic heterocycles. The Bertz CT molecular complexity index is 627. The molecule has 26 heavy (non-hydrogen) atoms. The summed E-state index contributed by atoms with van der Waals surface area (Å²) in [5.74, 6) is 1.28. The van der Waals surface area contributed by atoms with E-state index in [1.165, 1.54) is 0 Å². The molecule has 1 aliphatic rings. The first-order valence-electron chi connectivity index (χ1n) is 9.20. The van der Waals surface area contributed by atoms with Gasteiger partial charge < -0.3 is 10.6 Å². The smallest absolute Gasteiger partial charge is 0.191 e. The van der Waals surface area contributed by atoms with Crippen LogP contribution < -0.4 is 10.6 Å². The molecule has 0 aromatic heterocycles. The molecule has 1 fully saturated rings. The fourth-order valence-corrected chi connectivity index (χ4v) is 4.52. The van der Waals surface area contributed by atoms with Crippen molar-refractivity contribution in [3.05, 3.63) is 35.1 Å².